The molecule has 4 aromatic rings. The third-order valence-electron chi connectivity index (χ3n) is 9.94. The van der Waals surface area contributed by atoms with Crippen molar-refractivity contribution in [1.82, 2.24) is 0 Å². The second kappa shape index (κ2) is 7.95. The molecular formula is C35H34. The topological polar surface area (TPSA) is 0 Å². The Balaban J connectivity index is 1.52. The van der Waals surface area contributed by atoms with Crippen LogP contribution in [0.25, 0.3) is 11.1 Å². The van der Waals surface area contributed by atoms with E-state index in [4.69, 9.17) is 0 Å². The summed E-state index contributed by atoms with van der Waals surface area (Å²) in [6, 6.07) is 41.6. The molecule has 0 N–H and O–H groups in total. The highest BCUT2D eigenvalue weighted by Gasteiger charge is 2.69. The Morgan fingerprint density at radius 1 is 0.429 bits per heavy atom. The Kier molecular flexibility index (Phi) is 4.81. The largest absolute Gasteiger partial charge is 0.0622 e. The quantitative estimate of drug-likeness (QED) is 0.273. The molecule has 3 aliphatic carbocycles. The van der Waals surface area contributed by atoms with E-state index in [0.29, 0.717) is 0 Å². The Morgan fingerprint density at radius 3 is 1.17 bits per heavy atom. The minimum atomic E-state index is 0.0510. The van der Waals surface area contributed by atoms with Crippen LogP contribution in [0.5, 0.6) is 0 Å². The molecule has 0 heterocycles. The molecule has 0 spiro atoms. The Bertz CT molecular complexity index is 1230. The maximum absolute atomic E-state index is 2.51. The van der Waals surface area contributed by atoms with Gasteiger partial charge in [0.2, 0.25) is 0 Å². The van der Waals surface area contributed by atoms with E-state index in [1.54, 1.807) is 11.1 Å². The minimum Gasteiger partial charge on any atom is -0.0622 e. The number of hydrogen-bond donors (Lipinski definition) is 0. The highest BCUT2D eigenvalue weighted by atomic mass is 14.7. The first-order valence-corrected chi connectivity index (χ1v) is 13.6. The molecule has 0 heteroatoms. The van der Waals surface area contributed by atoms with Gasteiger partial charge in [0.1, 0.15) is 0 Å². The van der Waals surface area contributed by atoms with Gasteiger partial charge in [-0.3, -0.25) is 0 Å². The van der Waals surface area contributed by atoms with Gasteiger partial charge in [-0.2, -0.15) is 0 Å². The third kappa shape index (κ3) is 2.86. The molecule has 0 aliphatic heterocycles. The lowest BCUT2D eigenvalue weighted by Crippen LogP contribution is -2.63. The first-order chi connectivity index (χ1) is 17.3. The lowest BCUT2D eigenvalue weighted by Gasteiger charge is -2.67. The second-order valence-corrected chi connectivity index (χ2v) is 11.4. The highest BCUT2D eigenvalue weighted by molar-refractivity contribution is 5.82. The summed E-state index contributed by atoms with van der Waals surface area (Å²) in [4.78, 5) is 0. The lowest BCUT2D eigenvalue weighted by molar-refractivity contribution is -0.0851. The van der Waals surface area contributed by atoms with E-state index in [1.165, 1.54) is 73.6 Å². The summed E-state index contributed by atoms with van der Waals surface area (Å²) in [5.74, 6) is 0. The van der Waals surface area contributed by atoms with Gasteiger partial charge in [-0.25, -0.2) is 0 Å². The normalized spacial score (nSPS) is 20.2. The van der Waals surface area contributed by atoms with Crippen molar-refractivity contribution >= 4 is 0 Å². The Morgan fingerprint density at radius 2 is 0.800 bits per heavy atom. The fraction of sp³-hybridized carbons (Fsp3) is 0.314. The summed E-state index contributed by atoms with van der Waals surface area (Å²) >= 11 is 0. The van der Waals surface area contributed by atoms with Crippen LogP contribution < -0.4 is 0 Å². The SMILES string of the molecule is c1ccc(CC2(C3(C4(Cc5ccccc5)CCC4)c4ccccc4-c4ccccc43)CCC2)cc1. The van der Waals surface area contributed by atoms with Crippen LogP contribution in [0.3, 0.4) is 0 Å². The summed E-state index contributed by atoms with van der Waals surface area (Å²) in [5.41, 5.74) is 9.78. The molecule has 7 rings (SSSR count). The number of rotatable bonds is 6. The molecular weight excluding hydrogens is 420 g/mol. The summed E-state index contributed by atoms with van der Waals surface area (Å²) in [5, 5.41) is 0. The average molecular weight is 455 g/mol. The maximum Gasteiger partial charge on any atom is 0.0333 e. The zero-order valence-electron chi connectivity index (χ0n) is 20.5. The molecule has 2 saturated carbocycles. The van der Waals surface area contributed by atoms with Crippen molar-refractivity contribution in [2.45, 2.75) is 56.8 Å². The van der Waals surface area contributed by atoms with Gasteiger partial charge >= 0.3 is 0 Å². The molecule has 0 unspecified atom stereocenters. The van der Waals surface area contributed by atoms with Crippen LogP contribution >= 0.6 is 0 Å². The van der Waals surface area contributed by atoms with E-state index in [9.17, 15) is 0 Å². The van der Waals surface area contributed by atoms with Gasteiger partial charge in [0, 0.05) is 5.41 Å². The molecule has 0 saturated heterocycles. The molecule has 0 atom stereocenters. The molecule has 35 heavy (non-hydrogen) atoms. The van der Waals surface area contributed by atoms with E-state index < -0.39 is 0 Å². The van der Waals surface area contributed by atoms with Crippen molar-refractivity contribution in [3.05, 3.63) is 131 Å². The monoisotopic (exact) mass is 454 g/mol. The second-order valence-electron chi connectivity index (χ2n) is 11.4. The summed E-state index contributed by atoms with van der Waals surface area (Å²) in [6.45, 7) is 0. The third-order valence-corrected chi connectivity index (χ3v) is 9.94. The molecule has 0 nitrogen and oxygen atoms in total. The fourth-order valence-corrected chi connectivity index (χ4v) is 8.49. The summed E-state index contributed by atoms with van der Waals surface area (Å²) in [6.07, 6.45) is 10.3. The zero-order valence-corrected chi connectivity index (χ0v) is 20.5. The summed E-state index contributed by atoms with van der Waals surface area (Å²) < 4.78 is 0. The van der Waals surface area contributed by atoms with Crippen molar-refractivity contribution in [3.8, 4) is 11.1 Å². The van der Waals surface area contributed by atoms with Crippen molar-refractivity contribution in [2.24, 2.45) is 10.8 Å². The Labute approximate surface area is 210 Å². The number of fused-ring (bicyclic) bond motifs is 3. The van der Waals surface area contributed by atoms with Crippen molar-refractivity contribution < 1.29 is 0 Å². The van der Waals surface area contributed by atoms with E-state index in [2.05, 4.69) is 109 Å². The van der Waals surface area contributed by atoms with Gasteiger partial charge in [-0.05, 0) is 82.7 Å². The maximum atomic E-state index is 2.51. The lowest BCUT2D eigenvalue weighted by atomic mass is 9.35. The standard InChI is InChI=1S/C35H34/c1-3-13-27(14-4-1)25-33(21-11-22-33)35(34(23-12-24-34)26-28-15-5-2-6-16-28)31-19-9-7-17-29(31)30-18-8-10-20-32(30)35/h1-10,13-20H,11-12,21-26H2. The van der Waals surface area contributed by atoms with Crippen LogP contribution in [0.1, 0.15) is 60.8 Å². The van der Waals surface area contributed by atoms with Crippen molar-refractivity contribution in [1.29, 1.82) is 0 Å². The van der Waals surface area contributed by atoms with Crippen molar-refractivity contribution in [3.63, 3.8) is 0 Å². The summed E-state index contributed by atoms with van der Waals surface area (Å²) in [7, 11) is 0. The van der Waals surface area contributed by atoms with Crippen LogP contribution in [0.15, 0.2) is 109 Å². The molecule has 0 bridgehead atoms. The number of benzene rings is 4. The molecule has 0 aromatic heterocycles. The van der Waals surface area contributed by atoms with E-state index in [-0.39, 0.29) is 16.2 Å². The average Bonchev–Trinajstić information content (AvgIpc) is 3.17. The minimum absolute atomic E-state index is 0.0510. The van der Waals surface area contributed by atoms with Gasteiger partial charge in [0.05, 0.1) is 0 Å². The van der Waals surface area contributed by atoms with Gasteiger partial charge in [-0.15, -0.1) is 0 Å². The van der Waals surface area contributed by atoms with Crippen LogP contribution in [0.4, 0.5) is 0 Å². The van der Waals surface area contributed by atoms with E-state index in [0.717, 1.165) is 0 Å². The fourth-order valence-electron chi connectivity index (χ4n) is 8.49. The molecule has 4 aromatic carbocycles. The van der Waals surface area contributed by atoms with Gasteiger partial charge in [-0.1, -0.05) is 122 Å². The molecule has 0 amide bonds. The predicted octanol–water partition coefficient (Wildman–Crippen LogP) is 8.78. The smallest absolute Gasteiger partial charge is 0.0333 e. The molecule has 0 radical (unpaired) electrons. The molecule has 174 valence electrons. The van der Waals surface area contributed by atoms with Crippen LogP contribution in [-0.2, 0) is 18.3 Å². The van der Waals surface area contributed by atoms with E-state index in [1.807, 2.05) is 0 Å². The molecule has 2 fully saturated rings. The van der Waals surface area contributed by atoms with E-state index >= 15 is 0 Å². The van der Waals surface area contributed by atoms with Gasteiger partial charge in [0.25, 0.3) is 0 Å². The Hall–Kier alpha value is -3.12. The van der Waals surface area contributed by atoms with Gasteiger partial charge < -0.3 is 0 Å². The highest BCUT2D eigenvalue weighted by Crippen LogP contribution is 2.75. The van der Waals surface area contributed by atoms with Crippen molar-refractivity contribution in [2.75, 3.05) is 0 Å². The first-order valence-electron chi connectivity index (χ1n) is 13.6. The van der Waals surface area contributed by atoms with Gasteiger partial charge in [0.15, 0.2) is 0 Å². The van der Waals surface area contributed by atoms with Crippen LogP contribution in [0, 0.1) is 10.8 Å². The van der Waals surface area contributed by atoms with Crippen LogP contribution in [0.2, 0.25) is 0 Å². The predicted molar refractivity (Wildman–Crippen MR) is 146 cm³/mol. The number of hydrogen-bond acceptors (Lipinski definition) is 0. The first kappa shape index (κ1) is 21.2. The zero-order chi connectivity index (χ0) is 23.3. The molecule has 3 aliphatic rings. The van der Waals surface area contributed by atoms with Crippen LogP contribution in [-0.4, -0.2) is 0 Å².